The van der Waals surface area contributed by atoms with Gasteiger partial charge in [-0.1, -0.05) is 0 Å². The zero-order valence-corrected chi connectivity index (χ0v) is 11.0. The van der Waals surface area contributed by atoms with Crippen molar-refractivity contribution in [2.75, 3.05) is 7.05 Å². The first kappa shape index (κ1) is 11.7. The van der Waals surface area contributed by atoms with Crippen LogP contribution in [0.5, 0.6) is 0 Å². The first-order valence-electron chi connectivity index (χ1n) is 4.73. The fourth-order valence-corrected chi connectivity index (χ4v) is 2.80. The molecule has 0 bridgehead atoms. The third-order valence-electron chi connectivity index (χ3n) is 2.32. The molecule has 1 N–H and O–H groups in total. The summed E-state index contributed by atoms with van der Waals surface area (Å²) in [6, 6.07) is 3.55. The molecule has 0 aromatic carbocycles. The molecular weight excluding hydrogens is 291 g/mol. The normalized spacial score (nSPS) is 12.7. The molecule has 16 heavy (non-hydrogen) atoms. The lowest BCUT2D eigenvalue weighted by molar-refractivity contribution is 0.571. The van der Waals surface area contributed by atoms with E-state index in [2.05, 4.69) is 26.2 Å². The Balaban J connectivity index is 2.40. The molecule has 0 aliphatic heterocycles. The smallest absolute Gasteiger partial charge is 0.146 e. The van der Waals surface area contributed by atoms with Crippen molar-refractivity contribution in [3.63, 3.8) is 0 Å². The molecule has 0 aliphatic rings. The number of hydrogen-bond donors (Lipinski definition) is 1. The van der Waals surface area contributed by atoms with Crippen molar-refractivity contribution in [3.05, 3.63) is 50.6 Å². The molecule has 2 rings (SSSR count). The SMILES string of the molecule is CNC(c1csc(Br)c1)c1ccncc1F. The number of pyridine rings is 1. The summed E-state index contributed by atoms with van der Waals surface area (Å²) in [4.78, 5) is 3.75. The second-order valence-electron chi connectivity index (χ2n) is 3.30. The van der Waals surface area contributed by atoms with Crippen LogP contribution < -0.4 is 5.32 Å². The molecule has 1 unspecified atom stereocenters. The largest absolute Gasteiger partial charge is 0.309 e. The van der Waals surface area contributed by atoms with Crippen molar-refractivity contribution in [2.24, 2.45) is 0 Å². The van der Waals surface area contributed by atoms with E-state index < -0.39 is 0 Å². The number of thiophene rings is 1. The van der Waals surface area contributed by atoms with Crippen LogP contribution in [0.4, 0.5) is 4.39 Å². The molecule has 0 saturated carbocycles. The Hall–Kier alpha value is -0.780. The summed E-state index contributed by atoms with van der Waals surface area (Å²) < 4.78 is 14.6. The van der Waals surface area contributed by atoms with E-state index in [-0.39, 0.29) is 11.9 Å². The Morgan fingerprint density at radius 3 is 2.94 bits per heavy atom. The van der Waals surface area contributed by atoms with E-state index in [1.54, 1.807) is 23.6 Å². The monoisotopic (exact) mass is 300 g/mol. The molecular formula is C11H10BrFN2S. The van der Waals surface area contributed by atoms with Gasteiger partial charge in [-0.05, 0) is 46.1 Å². The maximum absolute atomic E-state index is 13.6. The average molecular weight is 301 g/mol. The summed E-state index contributed by atoms with van der Waals surface area (Å²) in [5.41, 5.74) is 1.66. The highest BCUT2D eigenvalue weighted by atomic mass is 79.9. The summed E-state index contributed by atoms with van der Waals surface area (Å²) in [7, 11) is 1.82. The van der Waals surface area contributed by atoms with Crippen LogP contribution in [0.15, 0.2) is 33.7 Å². The number of aromatic nitrogens is 1. The third kappa shape index (κ3) is 2.31. The Morgan fingerprint density at radius 2 is 2.38 bits per heavy atom. The zero-order chi connectivity index (χ0) is 11.5. The van der Waals surface area contributed by atoms with E-state index >= 15 is 0 Å². The summed E-state index contributed by atoms with van der Waals surface area (Å²) >= 11 is 4.99. The Kier molecular flexibility index (Phi) is 3.68. The maximum Gasteiger partial charge on any atom is 0.146 e. The minimum absolute atomic E-state index is 0.134. The lowest BCUT2D eigenvalue weighted by Gasteiger charge is -2.15. The molecule has 2 heterocycles. The minimum atomic E-state index is -0.288. The van der Waals surface area contributed by atoms with Gasteiger partial charge in [-0.15, -0.1) is 11.3 Å². The van der Waals surface area contributed by atoms with Crippen molar-refractivity contribution in [1.29, 1.82) is 0 Å². The lowest BCUT2D eigenvalue weighted by Crippen LogP contribution is -2.18. The van der Waals surface area contributed by atoms with E-state index in [1.165, 1.54) is 6.20 Å². The Morgan fingerprint density at radius 1 is 1.56 bits per heavy atom. The minimum Gasteiger partial charge on any atom is -0.309 e. The molecule has 0 saturated heterocycles. The fraction of sp³-hybridized carbons (Fsp3) is 0.182. The molecule has 5 heteroatoms. The topological polar surface area (TPSA) is 24.9 Å². The van der Waals surface area contributed by atoms with Gasteiger partial charge >= 0.3 is 0 Å². The lowest BCUT2D eigenvalue weighted by atomic mass is 10.0. The van der Waals surface area contributed by atoms with Gasteiger partial charge in [-0.3, -0.25) is 4.98 Å². The molecule has 2 aromatic heterocycles. The standard InChI is InChI=1S/C11H10BrFN2S/c1-14-11(7-4-10(12)16-6-7)8-2-3-15-5-9(8)13/h2-6,11,14H,1H3. The third-order valence-corrected chi connectivity index (χ3v) is 3.85. The van der Waals surface area contributed by atoms with Crippen molar-refractivity contribution >= 4 is 27.3 Å². The molecule has 0 fully saturated rings. The van der Waals surface area contributed by atoms with Gasteiger partial charge < -0.3 is 5.32 Å². The van der Waals surface area contributed by atoms with E-state index in [1.807, 2.05) is 18.5 Å². The van der Waals surface area contributed by atoms with Crippen LogP contribution in [0.1, 0.15) is 17.2 Å². The van der Waals surface area contributed by atoms with Crippen LogP contribution in [0.2, 0.25) is 0 Å². The van der Waals surface area contributed by atoms with E-state index in [0.29, 0.717) is 5.56 Å². The van der Waals surface area contributed by atoms with Crippen LogP contribution >= 0.6 is 27.3 Å². The van der Waals surface area contributed by atoms with E-state index in [4.69, 9.17) is 0 Å². The molecule has 0 radical (unpaired) electrons. The van der Waals surface area contributed by atoms with Gasteiger partial charge in [0.2, 0.25) is 0 Å². The number of halogens is 2. The van der Waals surface area contributed by atoms with Crippen LogP contribution in [0, 0.1) is 5.82 Å². The number of nitrogens with zero attached hydrogens (tertiary/aromatic N) is 1. The fourth-order valence-electron chi connectivity index (χ4n) is 1.60. The highest BCUT2D eigenvalue weighted by molar-refractivity contribution is 9.11. The number of rotatable bonds is 3. The highest BCUT2D eigenvalue weighted by Gasteiger charge is 2.16. The predicted molar refractivity (Wildman–Crippen MR) is 67.1 cm³/mol. The van der Waals surface area contributed by atoms with Crippen molar-refractivity contribution in [3.8, 4) is 0 Å². The van der Waals surface area contributed by atoms with Gasteiger partial charge in [-0.2, -0.15) is 0 Å². The van der Waals surface area contributed by atoms with Gasteiger partial charge in [-0.25, -0.2) is 4.39 Å². The molecule has 1 atom stereocenters. The molecule has 0 amide bonds. The van der Waals surface area contributed by atoms with Gasteiger partial charge in [0, 0.05) is 11.8 Å². The van der Waals surface area contributed by atoms with Crippen molar-refractivity contribution < 1.29 is 4.39 Å². The molecule has 0 aliphatic carbocycles. The number of hydrogen-bond acceptors (Lipinski definition) is 3. The molecule has 2 aromatic rings. The van der Waals surface area contributed by atoms with Crippen molar-refractivity contribution in [2.45, 2.75) is 6.04 Å². The van der Waals surface area contributed by atoms with Crippen LogP contribution in [0.25, 0.3) is 0 Å². The van der Waals surface area contributed by atoms with Gasteiger partial charge in [0.05, 0.1) is 16.0 Å². The van der Waals surface area contributed by atoms with Crippen LogP contribution in [0.3, 0.4) is 0 Å². The van der Waals surface area contributed by atoms with E-state index in [9.17, 15) is 4.39 Å². The summed E-state index contributed by atoms with van der Waals surface area (Å²) in [6.07, 6.45) is 2.84. The van der Waals surface area contributed by atoms with Crippen molar-refractivity contribution in [1.82, 2.24) is 10.3 Å². The molecule has 0 spiro atoms. The summed E-state index contributed by atoms with van der Waals surface area (Å²) in [5.74, 6) is -0.288. The average Bonchev–Trinajstić information content (AvgIpc) is 2.69. The van der Waals surface area contributed by atoms with Gasteiger partial charge in [0.25, 0.3) is 0 Å². The maximum atomic E-state index is 13.6. The molecule has 84 valence electrons. The van der Waals surface area contributed by atoms with Crippen LogP contribution in [-0.2, 0) is 0 Å². The predicted octanol–water partition coefficient (Wildman–Crippen LogP) is 3.35. The summed E-state index contributed by atoms with van der Waals surface area (Å²) in [6.45, 7) is 0. The zero-order valence-electron chi connectivity index (χ0n) is 8.58. The molecule has 2 nitrogen and oxygen atoms in total. The number of nitrogens with one attached hydrogen (secondary N) is 1. The van der Waals surface area contributed by atoms with Gasteiger partial charge in [0.1, 0.15) is 5.82 Å². The first-order chi connectivity index (χ1) is 7.72. The Bertz CT molecular complexity index is 486. The second kappa shape index (κ2) is 5.03. The summed E-state index contributed by atoms with van der Waals surface area (Å²) in [5, 5.41) is 5.11. The van der Waals surface area contributed by atoms with Crippen LogP contribution in [-0.4, -0.2) is 12.0 Å². The van der Waals surface area contributed by atoms with Gasteiger partial charge in [0.15, 0.2) is 0 Å². The second-order valence-corrected chi connectivity index (χ2v) is 5.59. The Labute approximate surface area is 106 Å². The first-order valence-corrected chi connectivity index (χ1v) is 6.40. The highest BCUT2D eigenvalue weighted by Crippen LogP contribution is 2.29. The van der Waals surface area contributed by atoms with E-state index in [0.717, 1.165) is 9.35 Å². The quantitative estimate of drug-likeness (QED) is 0.940.